The number of aromatic nitrogens is 2. The summed E-state index contributed by atoms with van der Waals surface area (Å²) in [6, 6.07) is 0. The van der Waals surface area contributed by atoms with E-state index >= 15 is 0 Å². The van der Waals surface area contributed by atoms with E-state index in [2.05, 4.69) is 15.3 Å². The lowest BCUT2D eigenvalue weighted by molar-refractivity contribution is 0.0798. The Hall–Kier alpha value is -1.24. The van der Waals surface area contributed by atoms with E-state index in [1.54, 1.807) is 0 Å². The largest absolute Gasteiger partial charge is 0.394 e. The van der Waals surface area contributed by atoms with Crippen LogP contribution >= 0.6 is 11.6 Å². The Morgan fingerprint density at radius 1 is 1.60 bits per heavy atom. The molecule has 6 nitrogen and oxygen atoms in total. The fourth-order valence-corrected chi connectivity index (χ4v) is 0.965. The second-order valence-corrected chi connectivity index (χ2v) is 3.16. The van der Waals surface area contributed by atoms with E-state index in [0.29, 0.717) is 0 Å². The highest BCUT2D eigenvalue weighted by Gasteiger charge is 2.09. The molecule has 15 heavy (non-hydrogen) atoms. The van der Waals surface area contributed by atoms with E-state index in [0.717, 1.165) is 0 Å². The normalized spacial score (nSPS) is 12.2. The van der Waals surface area contributed by atoms with Gasteiger partial charge >= 0.3 is 0 Å². The minimum Gasteiger partial charge on any atom is -0.394 e. The number of nitrogens with one attached hydrogen (secondary N) is 1. The maximum Gasteiger partial charge on any atom is 0.271 e. The lowest BCUT2D eigenvalue weighted by atomic mass is 10.3. The Morgan fingerprint density at radius 2 is 2.33 bits per heavy atom. The molecule has 1 unspecified atom stereocenters. The number of amides is 1. The summed E-state index contributed by atoms with van der Waals surface area (Å²) < 4.78 is 0. The summed E-state index contributed by atoms with van der Waals surface area (Å²) in [5.74, 6) is -0.502. The molecule has 3 N–H and O–H groups in total. The Bertz CT molecular complexity index is 348. The molecule has 1 atom stereocenters. The van der Waals surface area contributed by atoms with Crippen LogP contribution in [0.25, 0.3) is 0 Å². The zero-order valence-electron chi connectivity index (χ0n) is 7.72. The first-order valence-electron chi connectivity index (χ1n) is 4.18. The Balaban J connectivity index is 2.54. The fourth-order valence-electron chi connectivity index (χ4n) is 0.817. The third kappa shape index (κ3) is 3.78. The smallest absolute Gasteiger partial charge is 0.271 e. The summed E-state index contributed by atoms with van der Waals surface area (Å²) >= 11 is 5.54. The van der Waals surface area contributed by atoms with Crippen molar-refractivity contribution in [2.75, 3.05) is 13.2 Å². The third-order valence-electron chi connectivity index (χ3n) is 1.55. The molecule has 0 saturated heterocycles. The van der Waals surface area contributed by atoms with Gasteiger partial charge in [-0.2, -0.15) is 0 Å². The highest BCUT2D eigenvalue weighted by atomic mass is 35.5. The highest BCUT2D eigenvalue weighted by molar-refractivity contribution is 6.29. The average molecular weight is 232 g/mol. The number of aliphatic hydroxyl groups is 2. The molecule has 0 fully saturated rings. The van der Waals surface area contributed by atoms with Crippen molar-refractivity contribution in [3.8, 4) is 0 Å². The van der Waals surface area contributed by atoms with Gasteiger partial charge in [-0.15, -0.1) is 0 Å². The maximum absolute atomic E-state index is 11.4. The minimum atomic E-state index is -0.985. The molecule has 0 saturated carbocycles. The molecule has 0 spiro atoms. The monoisotopic (exact) mass is 231 g/mol. The quantitative estimate of drug-likeness (QED) is 0.632. The lowest BCUT2D eigenvalue weighted by Gasteiger charge is -2.08. The van der Waals surface area contributed by atoms with E-state index in [9.17, 15) is 4.79 Å². The molecule has 1 aromatic rings. The standard InChI is InChI=1S/C8H10ClN3O3/c9-7-3-10-2-6(12-7)8(15)11-1-5(14)4-13/h2-3,5,13-14H,1,4H2,(H,11,15). The van der Waals surface area contributed by atoms with E-state index in [1.165, 1.54) is 12.4 Å². The molecule has 0 aliphatic rings. The van der Waals surface area contributed by atoms with Crippen LogP contribution in [0.3, 0.4) is 0 Å². The molecule has 1 heterocycles. The second kappa shape index (κ2) is 5.59. The van der Waals surface area contributed by atoms with Crippen LogP contribution in [0, 0.1) is 0 Å². The number of hydrogen-bond donors (Lipinski definition) is 3. The SMILES string of the molecule is O=C(NCC(O)CO)c1cncc(Cl)n1. The molecule has 0 radical (unpaired) electrons. The Kier molecular flexibility index (Phi) is 4.41. The van der Waals surface area contributed by atoms with Gasteiger partial charge in [-0.3, -0.25) is 9.78 Å². The number of rotatable bonds is 4. The first kappa shape index (κ1) is 11.8. The van der Waals surface area contributed by atoms with E-state index in [4.69, 9.17) is 21.8 Å². The summed E-state index contributed by atoms with van der Waals surface area (Å²) in [6.45, 7) is -0.467. The predicted molar refractivity (Wildman–Crippen MR) is 52.5 cm³/mol. The number of aliphatic hydroxyl groups excluding tert-OH is 2. The van der Waals surface area contributed by atoms with Gasteiger partial charge < -0.3 is 15.5 Å². The van der Waals surface area contributed by atoms with Crippen molar-refractivity contribution in [3.63, 3.8) is 0 Å². The zero-order chi connectivity index (χ0) is 11.3. The van der Waals surface area contributed by atoms with Gasteiger partial charge in [-0.25, -0.2) is 4.98 Å². The van der Waals surface area contributed by atoms with Crippen LogP contribution in [0.5, 0.6) is 0 Å². The van der Waals surface area contributed by atoms with Gasteiger partial charge in [0.15, 0.2) is 0 Å². The van der Waals surface area contributed by atoms with Crippen molar-refractivity contribution >= 4 is 17.5 Å². The molecule has 0 aromatic carbocycles. The van der Waals surface area contributed by atoms with Crippen molar-refractivity contribution in [1.29, 1.82) is 0 Å². The summed E-state index contributed by atoms with van der Waals surface area (Å²) in [7, 11) is 0. The highest BCUT2D eigenvalue weighted by Crippen LogP contribution is 2.01. The van der Waals surface area contributed by atoms with Gasteiger partial charge in [0.1, 0.15) is 10.8 Å². The van der Waals surface area contributed by atoms with E-state index < -0.39 is 18.6 Å². The van der Waals surface area contributed by atoms with E-state index in [-0.39, 0.29) is 17.4 Å². The minimum absolute atomic E-state index is 0.0521. The molecule has 1 amide bonds. The van der Waals surface area contributed by atoms with Crippen LogP contribution in [0.1, 0.15) is 10.5 Å². The van der Waals surface area contributed by atoms with E-state index in [1.807, 2.05) is 0 Å². The van der Waals surface area contributed by atoms with Crippen molar-refractivity contribution in [3.05, 3.63) is 23.2 Å². The second-order valence-electron chi connectivity index (χ2n) is 2.77. The number of carbonyl (C=O) groups is 1. The summed E-state index contributed by atoms with van der Waals surface area (Å²) in [6.07, 6.45) is 1.58. The topological polar surface area (TPSA) is 95.3 Å². The van der Waals surface area contributed by atoms with Crippen molar-refractivity contribution in [1.82, 2.24) is 15.3 Å². The number of nitrogens with zero attached hydrogens (tertiary/aromatic N) is 2. The van der Waals surface area contributed by atoms with Crippen LogP contribution in [-0.2, 0) is 0 Å². The molecular formula is C8H10ClN3O3. The lowest BCUT2D eigenvalue weighted by Crippen LogP contribution is -2.34. The first-order valence-corrected chi connectivity index (χ1v) is 4.56. The summed E-state index contributed by atoms with van der Waals surface area (Å²) in [5.41, 5.74) is 0.0626. The third-order valence-corrected chi connectivity index (χ3v) is 1.73. The molecule has 0 aliphatic heterocycles. The van der Waals surface area contributed by atoms with Crippen LogP contribution in [0.4, 0.5) is 0 Å². The zero-order valence-corrected chi connectivity index (χ0v) is 8.48. The molecule has 0 aliphatic carbocycles. The Morgan fingerprint density at radius 3 is 2.93 bits per heavy atom. The number of hydrogen-bond acceptors (Lipinski definition) is 5. The summed E-state index contributed by atoms with van der Waals surface area (Å²) in [4.78, 5) is 18.8. The molecule has 1 rings (SSSR count). The number of carbonyl (C=O) groups excluding carboxylic acids is 1. The van der Waals surface area contributed by atoms with Gasteiger partial charge in [0.2, 0.25) is 0 Å². The van der Waals surface area contributed by atoms with Crippen LogP contribution in [0.15, 0.2) is 12.4 Å². The molecule has 0 bridgehead atoms. The van der Waals surface area contributed by atoms with Gasteiger partial charge in [0, 0.05) is 6.54 Å². The van der Waals surface area contributed by atoms with Crippen LogP contribution in [0.2, 0.25) is 5.15 Å². The van der Waals surface area contributed by atoms with Gasteiger partial charge in [-0.1, -0.05) is 11.6 Å². The predicted octanol–water partition coefficient (Wildman–Crippen LogP) is -0.787. The average Bonchev–Trinajstić information content (AvgIpc) is 2.25. The van der Waals surface area contributed by atoms with Crippen molar-refractivity contribution in [2.24, 2.45) is 0 Å². The maximum atomic E-state index is 11.4. The summed E-state index contributed by atoms with van der Waals surface area (Å²) in [5, 5.41) is 20.0. The molecule has 1 aromatic heterocycles. The fraction of sp³-hybridized carbons (Fsp3) is 0.375. The Labute approximate surface area is 90.9 Å². The van der Waals surface area contributed by atoms with Crippen LogP contribution in [-0.4, -0.2) is 45.3 Å². The van der Waals surface area contributed by atoms with Crippen molar-refractivity contribution < 1.29 is 15.0 Å². The van der Waals surface area contributed by atoms with Gasteiger partial charge in [0.25, 0.3) is 5.91 Å². The number of halogens is 1. The van der Waals surface area contributed by atoms with Crippen LogP contribution < -0.4 is 5.32 Å². The molecule has 82 valence electrons. The molecule has 7 heteroatoms. The van der Waals surface area contributed by atoms with Gasteiger partial charge in [-0.05, 0) is 0 Å². The van der Waals surface area contributed by atoms with Gasteiger partial charge in [0.05, 0.1) is 25.1 Å². The van der Waals surface area contributed by atoms with Crippen molar-refractivity contribution in [2.45, 2.75) is 6.10 Å². The first-order chi connectivity index (χ1) is 7.13. The molecular weight excluding hydrogens is 222 g/mol.